The molecule has 0 unspecified atom stereocenters. The molecule has 0 saturated heterocycles. The monoisotopic (exact) mass is 493 g/mol. The molecular weight excluding hydrogens is 478 g/mol. The number of carbonyl (C=O) groups excluding carboxylic acids is 1. The van der Waals surface area contributed by atoms with E-state index in [1.165, 1.54) is 29.2 Å². The molecule has 4 rings (SSSR count). The third kappa shape index (κ3) is 4.29. The number of amides is 1. The number of nitro groups is 1. The van der Waals surface area contributed by atoms with Crippen LogP contribution in [0.2, 0.25) is 5.02 Å². The molecule has 1 N–H and O–H groups in total. The Morgan fingerprint density at radius 1 is 1.25 bits per heavy atom. The van der Waals surface area contributed by atoms with Crippen LogP contribution in [0.25, 0.3) is 0 Å². The van der Waals surface area contributed by atoms with Crippen molar-refractivity contribution >= 4 is 55.4 Å². The summed E-state index contributed by atoms with van der Waals surface area (Å²) in [4.78, 5) is 25.0. The molecule has 0 spiro atoms. The molecule has 0 fully saturated rings. The van der Waals surface area contributed by atoms with E-state index in [1.807, 2.05) is 0 Å². The summed E-state index contributed by atoms with van der Waals surface area (Å²) in [7, 11) is -3.87. The van der Waals surface area contributed by atoms with Gasteiger partial charge in [-0.15, -0.1) is 10.2 Å². The Bertz CT molecular complexity index is 1340. The Labute approximate surface area is 192 Å². The molecule has 2 aromatic carbocycles. The Hall–Kier alpha value is -3.09. The van der Waals surface area contributed by atoms with Crippen LogP contribution in [0, 0.1) is 17.0 Å². The second kappa shape index (κ2) is 8.45. The van der Waals surface area contributed by atoms with E-state index in [4.69, 9.17) is 11.6 Å². The first kappa shape index (κ1) is 22.1. The number of halogens is 1. The zero-order chi connectivity index (χ0) is 23.0. The molecular formula is C19H16ClN5O5S2. The average molecular weight is 494 g/mol. The summed E-state index contributed by atoms with van der Waals surface area (Å²) in [5.74, 6) is -0.413. The summed E-state index contributed by atoms with van der Waals surface area (Å²) in [5.41, 5.74) is 1.19. The van der Waals surface area contributed by atoms with Crippen molar-refractivity contribution in [2.75, 3.05) is 16.2 Å². The number of sulfonamides is 1. The van der Waals surface area contributed by atoms with Crippen molar-refractivity contribution in [1.29, 1.82) is 0 Å². The van der Waals surface area contributed by atoms with E-state index in [-0.39, 0.29) is 26.3 Å². The number of fused-ring (bicyclic) bond motifs is 1. The molecule has 166 valence electrons. The van der Waals surface area contributed by atoms with Gasteiger partial charge >= 0.3 is 0 Å². The molecule has 32 heavy (non-hydrogen) atoms. The second-order valence-electron chi connectivity index (χ2n) is 7.00. The van der Waals surface area contributed by atoms with Crippen molar-refractivity contribution in [3.63, 3.8) is 0 Å². The number of anilines is 2. The molecule has 0 saturated carbocycles. The Kier molecular flexibility index (Phi) is 5.84. The van der Waals surface area contributed by atoms with Crippen LogP contribution in [0.3, 0.4) is 0 Å². The van der Waals surface area contributed by atoms with E-state index < -0.39 is 20.9 Å². The van der Waals surface area contributed by atoms with Gasteiger partial charge in [0.2, 0.25) is 5.13 Å². The molecule has 0 bridgehead atoms. The van der Waals surface area contributed by atoms with Crippen LogP contribution in [0.15, 0.2) is 41.3 Å². The minimum atomic E-state index is -3.87. The van der Waals surface area contributed by atoms with Crippen LogP contribution < -0.4 is 9.62 Å². The summed E-state index contributed by atoms with van der Waals surface area (Å²) >= 11 is 7.25. The Morgan fingerprint density at radius 3 is 2.69 bits per heavy atom. The predicted octanol–water partition coefficient (Wildman–Crippen LogP) is 3.80. The standard InChI is InChI=1S/C19H16ClN5O5S2/c1-11-21-22-19(31-11)23-32(29,30)14-5-7-17-12(9-14)3-2-8-24(17)18(26)15-6-4-13(25(27)28)10-16(15)20/h4-7,9-10H,2-3,8H2,1H3,(H,22,23). The number of rotatable bonds is 5. The lowest BCUT2D eigenvalue weighted by Gasteiger charge is -2.30. The first-order valence-corrected chi connectivity index (χ1v) is 12.0. The van der Waals surface area contributed by atoms with Crippen molar-refractivity contribution < 1.29 is 18.1 Å². The second-order valence-corrected chi connectivity index (χ2v) is 10.3. The maximum Gasteiger partial charge on any atom is 0.270 e. The summed E-state index contributed by atoms with van der Waals surface area (Å²) < 4.78 is 27.9. The number of benzene rings is 2. The first-order valence-electron chi connectivity index (χ1n) is 9.37. The smallest absolute Gasteiger partial charge is 0.270 e. The highest BCUT2D eigenvalue weighted by Gasteiger charge is 2.27. The van der Waals surface area contributed by atoms with Crippen molar-refractivity contribution in [2.45, 2.75) is 24.7 Å². The molecule has 10 nitrogen and oxygen atoms in total. The van der Waals surface area contributed by atoms with E-state index in [9.17, 15) is 23.3 Å². The minimum Gasteiger partial charge on any atom is -0.308 e. The highest BCUT2D eigenvalue weighted by molar-refractivity contribution is 7.93. The molecule has 2 heterocycles. The minimum absolute atomic E-state index is 0.0212. The van der Waals surface area contributed by atoms with Gasteiger partial charge in [-0.1, -0.05) is 22.9 Å². The highest BCUT2D eigenvalue weighted by Crippen LogP contribution is 2.33. The molecule has 1 aromatic heterocycles. The number of nitrogens with one attached hydrogen (secondary N) is 1. The molecule has 1 amide bonds. The fourth-order valence-corrected chi connectivity index (χ4v) is 5.53. The normalized spacial score (nSPS) is 13.5. The molecule has 13 heteroatoms. The van der Waals surface area contributed by atoms with E-state index >= 15 is 0 Å². The molecule has 1 aliphatic heterocycles. The molecule has 1 aliphatic rings. The highest BCUT2D eigenvalue weighted by atomic mass is 35.5. The third-order valence-corrected chi connectivity index (χ3v) is 7.40. The van der Waals surface area contributed by atoms with Gasteiger partial charge in [0.25, 0.3) is 21.6 Å². The van der Waals surface area contributed by atoms with Gasteiger partial charge in [-0.05, 0) is 49.6 Å². The number of aromatic nitrogens is 2. The zero-order valence-corrected chi connectivity index (χ0v) is 19.0. The topological polar surface area (TPSA) is 135 Å². The van der Waals surface area contributed by atoms with E-state index in [1.54, 1.807) is 13.0 Å². The average Bonchev–Trinajstić information content (AvgIpc) is 3.16. The van der Waals surface area contributed by atoms with E-state index in [0.717, 1.165) is 17.4 Å². The van der Waals surface area contributed by atoms with Crippen molar-refractivity contribution in [3.05, 3.63) is 67.7 Å². The molecule has 3 aromatic rings. The van der Waals surface area contributed by atoms with Crippen molar-refractivity contribution in [1.82, 2.24) is 10.2 Å². The van der Waals surface area contributed by atoms with Gasteiger partial charge in [0, 0.05) is 24.4 Å². The fourth-order valence-electron chi connectivity index (χ4n) is 3.40. The number of non-ortho nitro benzene ring substituents is 1. The van der Waals surface area contributed by atoms with Crippen molar-refractivity contribution in [2.24, 2.45) is 0 Å². The van der Waals surface area contributed by atoms with Crippen LogP contribution in [0.4, 0.5) is 16.5 Å². The lowest BCUT2D eigenvalue weighted by molar-refractivity contribution is -0.384. The third-order valence-electron chi connectivity index (χ3n) is 4.87. The molecule has 0 atom stereocenters. The summed E-state index contributed by atoms with van der Waals surface area (Å²) in [6.07, 6.45) is 1.21. The lowest BCUT2D eigenvalue weighted by atomic mass is 10.0. The molecule has 0 radical (unpaired) electrons. The van der Waals surface area contributed by atoms with Crippen LogP contribution in [0.1, 0.15) is 27.3 Å². The number of carbonyl (C=O) groups is 1. The van der Waals surface area contributed by atoms with Gasteiger partial charge in [-0.2, -0.15) is 0 Å². The number of nitro benzene ring substituents is 1. The lowest BCUT2D eigenvalue weighted by Crippen LogP contribution is -2.35. The number of nitrogens with zero attached hydrogens (tertiary/aromatic N) is 4. The number of hydrogen-bond donors (Lipinski definition) is 1. The Balaban J connectivity index is 1.63. The first-order chi connectivity index (χ1) is 15.2. The van der Waals surface area contributed by atoms with E-state index in [2.05, 4.69) is 14.9 Å². The SMILES string of the molecule is Cc1nnc(NS(=O)(=O)c2ccc3c(c2)CCCN3C(=O)c2ccc([N+](=O)[O-])cc2Cl)s1. The van der Waals surface area contributed by atoms with E-state index in [0.29, 0.717) is 35.6 Å². The van der Waals surface area contributed by atoms with Gasteiger partial charge in [0.05, 0.1) is 20.4 Å². The Morgan fingerprint density at radius 2 is 2.03 bits per heavy atom. The van der Waals surface area contributed by atoms with Gasteiger partial charge in [-0.3, -0.25) is 19.6 Å². The van der Waals surface area contributed by atoms with Crippen LogP contribution >= 0.6 is 22.9 Å². The number of aryl methyl sites for hydroxylation is 2. The molecule has 0 aliphatic carbocycles. The largest absolute Gasteiger partial charge is 0.308 e. The number of hydrogen-bond acceptors (Lipinski definition) is 8. The summed E-state index contributed by atoms with van der Waals surface area (Å²) in [6.45, 7) is 2.13. The van der Waals surface area contributed by atoms with Crippen LogP contribution in [-0.4, -0.2) is 36.0 Å². The summed E-state index contributed by atoms with van der Waals surface area (Å²) in [5, 5.41) is 19.3. The quantitative estimate of drug-likeness (QED) is 0.421. The summed E-state index contributed by atoms with van der Waals surface area (Å²) in [6, 6.07) is 8.20. The van der Waals surface area contributed by atoms with Gasteiger partial charge in [0.15, 0.2) is 0 Å². The van der Waals surface area contributed by atoms with Gasteiger partial charge in [-0.25, -0.2) is 8.42 Å². The maximum absolute atomic E-state index is 13.1. The van der Waals surface area contributed by atoms with Crippen LogP contribution in [-0.2, 0) is 16.4 Å². The fraction of sp³-hybridized carbons (Fsp3) is 0.211. The van der Waals surface area contributed by atoms with Gasteiger partial charge < -0.3 is 4.90 Å². The maximum atomic E-state index is 13.1. The van der Waals surface area contributed by atoms with Gasteiger partial charge in [0.1, 0.15) is 5.01 Å². The van der Waals surface area contributed by atoms with Crippen molar-refractivity contribution in [3.8, 4) is 0 Å². The van der Waals surface area contributed by atoms with Crippen LogP contribution in [0.5, 0.6) is 0 Å². The zero-order valence-electron chi connectivity index (χ0n) is 16.6. The predicted molar refractivity (Wildman–Crippen MR) is 120 cm³/mol.